The van der Waals surface area contributed by atoms with Crippen LogP contribution in [0.4, 0.5) is 32.3 Å². The molecule has 2 amide bonds. The summed E-state index contributed by atoms with van der Waals surface area (Å²) >= 11 is 12.5. The Morgan fingerprint density at radius 2 is 1.05 bits per heavy atom. The van der Waals surface area contributed by atoms with Gasteiger partial charge in [0, 0.05) is 51.4 Å². The number of carbonyl (C=O) groups is 2. The van der Waals surface area contributed by atoms with Crippen molar-refractivity contribution in [2.75, 3.05) is 10.6 Å². The van der Waals surface area contributed by atoms with Gasteiger partial charge < -0.3 is 19.7 Å². The summed E-state index contributed by atoms with van der Waals surface area (Å²) in [7, 11) is 0. The number of benzene rings is 3. The molecule has 3 aromatic rings. The molecule has 0 aromatic heterocycles. The van der Waals surface area contributed by atoms with Crippen LogP contribution in [-0.4, -0.2) is 46.0 Å². The molecule has 0 aliphatic rings. The van der Waals surface area contributed by atoms with E-state index in [0.29, 0.717) is 33.9 Å². The second-order valence-electron chi connectivity index (χ2n) is 11.1. The molecule has 0 unspecified atom stereocenters. The number of hydrogen-bond donors (Lipinski definition) is 4. The van der Waals surface area contributed by atoms with Gasteiger partial charge in [-0.2, -0.15) is 0 Å². The number of nitrogens with one attached hydrogen (secondary N) is 2. The van der Waals surface area contributed by atoms with Crippen LogP contribution in [0.2, 0.25) is 10.0 Å². The first-order chi connectivity index (χ1) is 19.5. The van der Waals surface area contributed by atoms with E-state index in [1.807, 2.05) is 0 Å². The number of ether oxygens (including phenoxy) is 2. The third-order valence-corrected chi connectivity index (χ3v) is 5.77. The third kappa shape index (κ3) is 11.4. The summed E-state index contributed by atoms with van der Waals surface area (Å²) in [5, 5.41) is 26.4. The fraction of sp³-hybridized carbons (Fsp3) is 0.267. The van der Waals surface area contributed by atoms with Crippen LogP contribution in [0, 0.1) is 0 Å². The summed E-state index contributed by atoms with van der Waals surface area (Å²) in [5.74, 6) is -0.171. The predicted octanol–water partition coefficient (Wildman–Crippen LogP) is 8.60. The van der Waals surface area contributed by atoms with Gasteiger partial charge in [0.05, 0.1) is 21.4 Å². The largest absolute Gasteiger partial charge is 0.507 e. The molecule has 0 spiro atoms. The van der Waals surface area contributed by atoms with Crippen molar-refractivity contribution in [3.8, 4) is 11.5 Å². The monoisotopic (exact) mass is 672 g/mol. The molecule has 0 bridgehead atoms. The molecule has 10 nitrogen and oxygen atoms in total. The standard InChI is InChI=1S/C30H32Cl2N4O6.Ni/c1-29(2,3)41-27(39)35-19-7-9-25(37)17(11-19)15-33-23-13-21(31)22(32)14-24(23)34-16-18-12-20(8-10-26(18)38)36-28(40)42-30(4,5)6;/h7-16,37-38H,1-6H3,(H,35,39)(H,36,40);. The Labute approximate surface area is 270 Å². The first-order valence-corrected chi connectivity index (χ1v) is 13.5. The van der Waals surface area contributed by atoms with Crippen molar-refractivity contribution < 1.29 is 45.8 Å². The molecule has 0 aliphatic carbocycles. The molecule has 0 fully saturated rings. The van der Waals surface area contributed by atoms with E-state index in [0.717, 1.165) is 0 Å². The van der Waals surface area contributed by atoms with E-state index in [2.05, 4.69) is 20.6 Å². The predicted molar refractivity (Wildman–Crippen MR) is 167 cm³/mol. The maximum atomic E-state index is 12.1. The van der Waals surface area contributed by atoms with Gasteiger partial charge in [-0.05, 0) is 90.1 Å². The van der Waals surface area contributed by atoms with Crippen molar-refractivity contribution in [1.82, 2.24) is 0 Å². The van der Waals surface area contributed by atoms with Gasteiger partial charge in [0.2, 0.25) is 0 Å². The van der Waals surface area contributed by atoms with Gasteiger partial charge in [0.25, 0.3) is 0 Å². The Bertz CT molecular complexity index is 1430. The summed E-state index contributed by atoms with van der Waals surface area (Å²) in [4.78, 5) is 33.1. The normalized spacial score (nSPS) is 11.7. The molecule has 232 valence electrons. The number of phenols is 2. The van der Waals surface area contributed by atoms with E-state index < -0.39 is 23.4 Å². The van der Waals surface area contributed by atoms with Crippen LogP contribution in [0.25, 0.3) is 0 Å². The molecule has 0 aliphatic heterocycles. The molecule has 0 atom stereocenters. The number of nitrogens with zero attached hydrogens (tertiary/aromatic N) is 2. The van der Waals surface area contributed by atoms with Crippen LogP contribution in [0.5, 0.6) is 11.5 Å². The minimum absolute atomic E-state index is 0. The Hall–Kier alpha value is -3.79. The number of halogens is 2. The SMILES string of the molecule is CC(C)(C)OC(=O)Nc1ccc(O)c(C=Nc2cc(Cl)c(Cl)cc2N=Cc2cc(NC(=O)OC(C)(C)C)ccc2O)c1.[Ni]. The molecule has 43 heavy (non-hydrogen) atoms. The number of anilines is 2. The summed E-state index contributed by atoms with van der Waals surface area (Å²) in [6, 6.07) is 11.9. The van der Waals surface area contributed by atoms with Crippen molar-refractivity contribution in [3.63, 3.8) is 0 Å². The summed E-state index contributed by atoms with van der Waals surface area (Å²) < 4.78 is 10.5. The minimum Gasteiger partial charge on any atom is -0.507 e. The zero-order chi connectivity index (χ0) is 31.2. The van der Waals surface area contributed by atoms with Gasteiger partial charge in [0.15, 0.2) is 0 Å². The van der Waals surface area contributed by atoms with Crippen molar-refractivity contribution in [2.45, 2.75) is 52.7 Å². The van der Waals surface area contributed by atoms with E-state index in [4.69, 9.17) is 32.7 Å². The zero-order valence-electron chi connectivity index (χ0n) is 24.3. The average Bonchev–Trinajstić information content (AvgIpc) is 2.84. The first kappa shape index (κ1) is 35.4. The van der Waals surface area contributed by atoms with Crippen LogP contribution in [0.3, 0.4) is 0 Å². The molecule has 4 N–H and O–H groups in total. The van der Waals surface area contributed by atoms with E-state index in [-0.39, 0.29) is 38.0 Å². The quantitative estimate of drug-likeness (QED) is 0.117. The Morgan fingerprint density at radius 1 is 0.698 bits per heavy atom. The Morgan fingerprint density at radius 3 is 1.37 bits per heavy atom. The van der Waals surface area contributed by atoms with Crippen LogP contribution in [0.15, 0.2) is 58.5 Å². The van der Waals surface area contributed by atoms with E-state index in [9.17, 15) is 19.8 Å². The summed E-state index contributed by atoms with van der Waals surface area (Å²) in [5.41, 5.74) is 0.593. The molecule has 0 saturated carbocycles. The number of aliphatic imine (C=N–C) groups is 2. The number of amides is 2. The molecule has 3 rings (SSSR count). The van der Waals surface area contributed by atoms with Crippen LogP contribution < -0.4 is 10.6 Å². The van der Waals surface area contributed by atoms with Gasteiger partial charge in [0.1, 0.15) is 22.7 Å². The van der Waals surface area contributed by atoms with E-state index in [1.165, 1.54) is 61.0 Å². The molecule has 0 saturated heterocycles. The second-order valence-corrected chi connectivity index (χ2v) is 11.9. The van der Waals surface area contributed by atoms with Crippen LogP contribution in [-0.2, 0) is 26.0 Å². The first-order valence-electron chi connectivity index (χ1n) is 12.7. The third-order valence-electron chi connectivity index (χ3n) is 5.05. The van der Waals surface area contributed by atoms with Crippen molar-refractivity contribution in [2.24, 2.45) is 9.98 Å². The number of carbonyl (C=O) groups excluding carboxylic acids is 2. The molecule has 13 heteroatoms. The summed E-state index contributed by atoms with van der Waals surface area (Å²) in [6.07, 6.45) is 1.45. The topological polar surface area (TPSA) is 142 Å². The fourth-order valence-corrected chi connectivity index (χ4v) is 3.64. The second kappa shape index (κ2) is 14.6. The Kier molecular flexibility index (Phi) is 12.0. The molecule has 0 heterocycles. The number of rotatable bonds is 6. The fourth-order valence-electron chi connectivity index (χ4n) is 3.33. The zero-order valence-corrected chi connectivity index (χ0v) is 26.8. The van der Waals surface area contributed by atoms with Gasteiger partial charge in [-0.15, -0.1) is 0 Å². The van der Waals surface area contributed by atoms with Crippen LogP contribution in [0.1, 0.15) is 52.7 Å². The number of aromatic hydroxyl groups is 2. The van der Waals surface area contributed by atoms with Gasteiger partial charge in [-0.1, -0.05) is 23.2 Å². The van der Waals surface area contributed by atoms with Crippen molar-refractivity contribution >= 4 is 70.6 Å². The smallest absolute Gasteiger partial charge is 0.412 e. The Balaban J connectivity index is 0.00000645. The maximum absolute atomic E-state index is 12.1. The molecular formula is C30H32Cl2N4NiO6. The molecular weight excluding hydrogens is 642 g/mol. The van der Waals surface area contributed by atoms with Crippen LogP contribution >= 0.6 is 23.2 Å². The number of hydrogen-bond acceptors (Lipinski definition) is 8. The minimum atomic E-state index is -0.678. The van der Waals surface area contributed by atoms with Gasteiger partial charge in [-0.3, -0.25) is 20.6 Å². The average molecular weight is 674 g/mol. The van der Waals surface area contributed by atoms with Crippen molar-refractivity contribution in [3.05, 3.63) is 69.7 Å². The van der Waals surface area contributed by atoms with E-state index >= 15 is 0 Å². The van der Waals surface area contributed by atoms with Gasteiger partial charge >= 0.3 is 12.2 Å². The van der Waals surface area contributed by atoms with Gasteiger partial charge in [-0.25, -0.2) is 9.59 Å². The van der Waals surface area contributed by atoms with Crippen molar-refractivity contribution in [1.29, 1.82) is 0 Å². The molecule has 0 radical (unpaired) electrons. The summed E-state index contributed by atoms with van der Waals surface area (Å²) in [6.45, 7) is 10.5. The number of phenolic OH excluding ortho intramolecular Hbond substituents is 2. The maximum Gasteiger partial charge on any atom is 0.412 e. The van der Waals surface area contributed by atoms with E-state index in [1.54, 1.807) is 41.5 Å². The molecule has 3 aromatic carbocycles.